The van der Waals surface area contributed by atoms with Crippen LogP contribution in [0.1, 0.15) is 34.5 Å². The lowest BCUT2D eigenvalue weighted by atomic mass is 10.00. The Morgan fingerprint density at radius 2 is 1.74 bits per heavy atom. The van der Waals surface area contributed by atoms with Gasteiger partial charge in [-0.2, -0.15) is 0 Å². The number of benzene rings is 3. The smallest absolute Gasteiger partial charge is 0.411 e. The second-order valence-corrected chi connectivity index (χ2v) is 7.84. The van der Waals surface area contributed by atoms with Gasteiger partial charge in [-0.25, -0.2) is 9.18 Å². The van der Waals surface area contributed by atoms with E-state index in [-0.39, 0.29) is 12.5 Å². The van der Waals surface area contributed by atoms with Gasteiger partial charge in [0.2, 0.25) is 5.91 Å². The second kappa shape index (κ2) is 10.2. The number of ether oxygens (including phenoxy) is 1. The van der Waals surface area contributed by atoms with Crippen LogP contribution in [-0.4, -0.2) is 35.4 Å². The van der Waals surface area contributed by atoms with E-state index < -0.39 is 30.0 Å². The molecule has 2 N–H and O–H groups in total. The molecule has 0 bridgehead atoms. The standard InChI is InChI=1S/C26H24FN3O4/c1-2-28-25(32)22-23(34-26(33)30(22)16-17-7-4-3-5-8-17)19-9-6-10-21(15-19)29-24(31)18-11-13-20(27)14-12-18/h3-15,22-23H,2,16H2,1H3,(H,28,32)(H,29,31). The molecular weight excluding hydrogens is 437 g/mol. The number of anilines is 1. The fourth-order valence-electron chi connectivity index (χ4n) is 3.87. The summed E-state index contributed by atoms with van der Waals surface area (Å²) in [7, 11) is 0. The summed E-state index contributed by atoms with van der Waals surface area (Å²) < 4.78 is 18.8. The number of cyclic esters (lactones) is 1. The van der Waals surface area contributed by atoms with Gasteiger partial charge >= 0.3 is 6.09 Å². The molecule has 2 unspecified atom stereocenters. The molecule has 34 heavy (non-hydrogen) atoms. The second-order valence-electron chi connectivity index (χ2n) is 7.84. The van der Waals surface area contributed by atoms with Crippen LogP contribution in [0.25, 0.3) is 0 Å². The van der Waals surface area contributed by atoms with Crippen molar-refractivity contribution < 1.29 is 23.5 Å². The summed E-state index contributed by atoms with van der Waals surface area (Å²) in [6.07, 6.45) is -1.45. The number of rotatable bonds is 7. The molecule has 0 spiro atoms. The van der Waals surface area contributed by atoms with Gasteiger partial charge in [-0.3, -0.25) is 14.5 Å². The average Bonchev–Trinajstić information content (AvgIpc) is 3.16. The number of likely N-dealkylation sites (N-methyl/N-ethyl adjacent to an activating group) is 1. The zero-order valence-electron chi connectivity index (χ0n) is 18.5. The van der Waals surface area contributed by atoms with Crippen molar-refractivity contribution in [3.63, 3.8) is 0 Å². The summed E-state index contributed by atoms with van der Waals surface area (Å²) in [5, 5.41) is 5.54. The number of amides is 3. The molecule has 7 nitrogen and oxygen atoms in total. The van der Waals surface area contributed by atoms with Gasteiger partial charge in [0, 0.05) is 17.8 Å². The quantitative estimate of drug-likeness (QED) is 0.550. The minimum atomic E-state index is -0.879. The van der Waals surface area contributed by atoms with Crippen molar-refractivity contribution in [3.05, 3.63) is 101 Å². The Labute approximate surface area is 196 Å². The van der Waals surface area contributed by atoms with Gasteiger partial charge in [-0.15, -0.1) is 0 Å². The molecule has 0 saturated carbocycles. The Bertz CT molecular complexity index is 1180. The summed E-state index contributed by atoms with van der Waals surface area (Å²) in [6, 6.07) is 20.5. The van der Waals surface area contributed by atoms with Gasteiger partial charge < -0.3 is 15.4 Å². The first-order valence-electron chi connectivity index (χ1n) is 10.9. The van der Waals surface area contributed by atoms with E-state index in [1.54, 1.807) is 31.2 Å². The molecule has 2 atom stereocenters. The molecule has 0 aliphatic carbocycles. The zero-order chi connectivity index (χ0) is 24.1. The summed E-state index contributed by atoms with van der Waals surface area (Å²) >= 11 is 0. The summed E-state index contributed by atoms with van der Waals surface area (Å²) in [5.41, 5.74) is 2.19. The van der Waals surface area contributed by atoms with E-state index >= 15 is 0 Å². The number of carbonyl (C=O) groups is 3. The number of nitrogens with zero attached hydrogens (tertiary/aromatic N) is 1. The number of nitrogens with one attached hydrogen (secondary N) is 2. The minimum Gasteiger partial charge on any atom is -0.438 e. The predicted molar refractivity (Wildman–Crippen MR) is 124 cm³/mol. The van der Waals surface area contributed by atoms with E-state index in [0.29, 0.717) is 23.4 Å². The maximum Gasteiger partial charge on any atom is 0.411 e. The minimum absolute atomic E-state index is 0.221. The third kappa shape index (κ3) is 5.06. The normalized spacial score (nSPS) is 17.2. The first kappa shape index (κ1) is 23.0. The summed E-state index contributed by atoms with van der Waals surface area (Å²) in [6.45, 7) is 2.43. The van der Waals surface area contributed by atoms with Crippen LogP contribution in [0.3, 0.4) is 0 Å². The van der Waals surface area contributed by atoms with Crippen molar-refractivity contribution in [3.8, 4) is 0 Å². The molecule has 1 fully saturated rings. The van der Waals surface area contributed by atoms with Crippen LogP contribution in [0.5, 0.6) is 0 Å². The highest BCUT2D eigenvalue weighted by Crippen LogP contribution is 2.35. The molecule has 174 valence electrons. The lowest BCUT2D eigenvalue weighted by molar-refractivity contribution is -0.126. The predicted octanol–water partition coefficient (Wildman–Crippen LogP) is 4.28. The number of hydrogen-bond acceptors (Lipinski definition) is 4. The molecule has 3 aromatic carbocycles. The summed E-state index contributed by atoms with van der Waals surface area (Å²) in [4.78, 5) is 39.7. The Morgan fingerprint density at radius 1 is 1.00 bits per heavy atom. The van der Waals surface area contributed by atoms with Crippen molar-refractivity contribution in [2.24, 2.45) is 0 Å². The fraction of sp³-hybridized carbons (Fsp3) is 0.192. The fourth-order valence-corrected chi connectivity index (χ4v) is 3.87. The van der Waals surface area contributed by atoms with Gasteiger partial charge in [0.15, 0.2) is 12.1 Å². The third-order valence-corrected chi connectivity index (χ3v) is 5.48. The SMILES string of the molecule is CCNC(=O)C1C(c2cccc(NC(=O)c3ccc(F)cc3)c2)OC(=O)N1Cc1ccccc1. The van der Waals surface area contributed by atoms with Crippen LogP contribution in [0.2, 0.25) is 0 Å². The van der Waals surface area contributed by atoms with Gasteiger partial charge in [-0.1, -0.05) is 42.5 Å². The third-order valence-electron chi connectivity index (χ3n) is 5.48. The molecule has 3 aromatic rings. The van der Waals surface area contributed by atoms with Crippen molar-refractivity contribution in [2.75, 3.05) is 11.9 Å². The van der Waals surface area contributed by atoms with Gasteiger partial charge in [0.25, 0.3) is 5.91 Å². The summed E-state index contributed by atoms with van der Waals surface area (Å²) in [5.74, 6) is -1.17. The average molecular weight is 461 g/mol. The zero-order valence-corrected chi connectivity index (χ0v) is 18.5. The molecule has 1 aliphatic heterocycles. The van der Waals surface area contributed by atoms with Crippen LogP contribution in [0.4, 0.5) is 14.9 Å². The maximum absolute atomic E-state index is 13.2. The molecule has 1 heterocycles. The molecular formula is C26H24FN3O4. The van der Waals surface area contributed by atoms with E-state index in [1.807, 2.05) is 30.3 Å². The topological polar surface area (TPSA) is 87.7 Å². The van der Waals surface area contributed by atoms with Gasteiger partial charge in [0.05, 0.1) is 6.54 Å². The van der Waals surface area contributed by atoms with Crippen molar-refractivity contribution >= 4 is 23.6 Å². The lowest BCUT2D eigenvalue weighted by Crippen LogP contribution is -2.46. The molecule has 3 amide bonds. The number of hydrogen-bond donors (Lipinski definition) is 2. The molecule has 0 radical (unpaired) electrons. The Hall–Kier alpha value is -4.20. The highest BCUT2D eigenvalue weighted by atomic mass is 19.1. The first-order valence-corrected chi connectivity index (χ1v) is 10.9. The number of carbonyl (C=O) groups excluding carboxylic acids is 3. The lowest BCUT2D eigenvalue weighted by Gasteiger charge is -2.24. The van der Waals surface area contributed by atoms with Crippen LogP contribution < -0.4 is 10.6 Å². The molecule has 1 aliphatic rings. The van der Waals surface area contributed by atoms with Crippen molar-refractivity contribution in [1.82, 2.24) is 10.2 Å². The maximum atomic E-state index is 13.2. The Kier molecular flexibility index (Phi) is 6.87. The highest BCUT2D eigenvalue weighted by molar-refractivity contribution is 6.04. The van der Waals surface area contributed by atoms with Crippen molar-refractivity contribution in [1.29, 1.82) is 0 Å². The van der Waals surface area contributed by atoms with Gasteiger partial charge in [-0.05, 0) is 54.4 Å². The van der Waals surface area contributed by atoms with Crippen LogP contribution in [0.15, 0.2) is 78.9 Å². The largest absolute Gasteiger partial charge is 0.438 e. The van der Waals surface area contributed by atoms with E-state index in [1.165, 1.54) is 29.2 Å². The van der Waals surface area contributed by atoms with E-state index in [2.05, 4.69) is 10.6 Å². The van der Waals surface area contributed by atoms with E-state index in [9.17, 15) is 18.8 Å². The molecule has 8 heteroatoms. The highest BCUT2D eigenvalue weighted by Gasteiger charge is 2.46. The van der Waals surface area contributed by atoms with E-state index in [4.69, 9.17) is 4.74 Å². The Balaban J connectivity index is 1.59. The molecule has 1 saturated heterocycles. The molecule has 0 aromatic heterocycles. The van der Waals surface area contributed by atoms with Crippen LogP contribution in [-0.2, 0) is 16.1 Å². The Morgan fingerprint density at radius 3 is 2.44 bits per heavy atom. The van der Waals surface area contributed by atoms with Crippen LogP contribution >= 0.6 is 0 Å². The first-order chi connectivity index (χ1) is 16.5. The van der Waals surface area contributed by atoms with Crippen molar-refractivity contribution in [2.45, 2.75) is 25.6 Å². The van der Waals surface area contributed by atoms with Gasteiger partial charge in [0.1, 0.15) is 5.82 Å². The monoisotopic (exact) mass is 461 g/mol. The van der Waals surface area contributed by atoms with Crippen LogP contribution in [0, 0.1) is 5.82 Å². The van der Waals surface area contributed by atoms with E-state index in [0.717, 1.165) is 5.56 Å². The molecule has 4 rings (SSSR count). The number of halogens is 1.